The fourth-order valence-corrected chi connectivity index (χ4v) is 3.01. The lowest BCUT2D eigenvalue weighted by Gasteiger charge is -2.10. The van der Waals surface area contributed by atoms with Crippen LogP contribution in [0.2, 0.25) is 0 Å². The molecular weight excluding hydrogens is 280 g/mol. The molecule has 1 N–H and O–H groups in total. The molecule has 0 aliphatic heterocycles. The number of carboxylic acid groups (broad SMARTS) is 1. The molecule has 0 amide bonds. The van der Waals surface area contributed by atoms with E-state index in [4.69, 9.17) is 5.11 Å². The van der Waals surface area contributed by atoms with Gasteiger partial charge in [-0.3, -0.25) is 19.9 Å². The predicted octanol–water partition coefficient (Wildman–Crippen LogP) is 3.10. The minimum atomic E-state index is -0.866. The summed E-state index contributed by atoms with van der Waals surface area (Å²) in [5, 5.41) is 20.8. The van der Waals surface area contributed by atoms with Crippen molar-refractivity contribution in [1.82, 2.24) is 4.98 Å². The highest BCUT2D eigenvalue weighted by molar-refractivity contribution is 8.00. The number of non-ortho nitro benzene ring substituents is 1. The van der Waals surface area contributed by atoms with Gasteiger partial charge in [-0.25, -0.2) is 0 Å². The minimum Gasteiger partial charge on any atom is -0.481 e. The summed E-state index contributed by atoms with van der Waals surface area (Å²) in [5.74, 6) is -0.866. The normalized spacial score (nSPS) is 12.2. The molecule has 7 heteroatoms. The fourth-order valence-electron chi connectivity index (χ4n) is 1.91. The van der Waals surface area contributed by atoms with Crippen LogP contribution in [0.25, 0.3) is 10.8 Å². The van der Waals surface area contributed by atoms with Crippen molar-refractivity contribution >= 4 is 34.2 Å². The molecule has 1 aromatic heterocycles. The third-order valence-corrected chi connectivity index (χ3v) is 3.92. The second-order valence-corrected chi connectivity index (χ2v) is 5.77. The van der Waals surface area contributed by atoms with Crippen LogP contribution < -0.4 is 0 Å². The number of thioether (sulfide) groups is 1. The molecule has 0 spiro atoms. The first kappa shape index (κ1) is 14.3. The average Bonchev–Trinajstić information content (AvgIpc) is 2.37. The zero-order valence-electron chi connectivity index (χ0n) is 10.6. The largest absolute Gasteiger partial charge is 0.481 e. The molecule has 1 atom stereocenters. The number of hydrogen-bond acceptors (Lipinski definition) is 5. The number of benzene rings is 1. The first-order valence-corrected chi connectivity index (χ1v) is 6.76. The van der Waals surface area contributed by atoms with Crippen LogP contribution >= 0.6 is 11.8 Å². The molecule has 0 radical (unpaired) electrons. The summed E-state index contributed by atoms with van der Waals surface area (Å²) in [6.45, 7) is 1.81. The summed E-state index contributed by atoms with van der Waals surface area (Å²) in [5.41, 5.74) is 0.0256. The van der Waals surface area contributed by atoms with Gasteiger partial charge in [0, 0.05) is 34.0 Å². The van der Waals surface area contributed by atoms with Gasteiger partial charge in [-0.15, -0.1) is 11.8 Å². The number of pyridine rings is 1. The Balaban J connectivity index is 2.43. The molecule has 20 heavy (non-hydrogen) atoms. The topological polar surface area (TPSA) is 93.3 Å². The minimum absolute atomic E-state index is 0.0256. The van der Waals surface area contributed by atoms with Gasteiger partial charge >= 0.3 is 5.97 Å². The van der Waals surface area contributed by atoms with Crippen LogP contribution in [0.15, 0.2) is 35.5 Å². The number of nitro groups is 1. The van der Waals surface area contributed by atoms with Gasteiger partial charge in [0.1, 0.15) is 0 Å². The third-order valence-electron chi connectivity index (χ3n) is 2.74. The van der Waals surface area contributed by atoms with Crippen molar-refractivity contribution in [2.24, 2.45) is 0 Å². The number of aromatic nitrogens is 1. The summed E-state index contributed by atoms with van der Waals surface area (Å²) in [4.78, 5) is 26.0. The van der Waals surface area contributed by atoms with Gasteiger partial charge in [0.05, 0.1) is 16.7 Å². The van der Waals surface area contributed by atoms with Crippen molar-refractivity contribution < 1.29 is 14.8 Å². The van der Waals surface area contributed by atoms with Crippen LogP contribution in [0.3, 0.4) is 0 Å². The Morgan fingerprint density at radius 3 is 2.85 bits per heavy atom. The lowest BCUT2D eigenvalue weighted by Crippen LogP contribution is -2.05. The van der Waals surface area contributed by atoms with Crippen LogP contribution in [0.5, 0.6) is 0 Å². The maximum Gasteiger partial charge on any atom is 0.304 e. The monoisotopic (exact) mass is 292 g/mol. The zero-order valence-corrected chi connectivity index (χ0v) is 11.5. The summed E-state index contributed by atoms with van der Waals surface area (Å²) in [6, 6.07) is 4.68. The van der Waals surface area contributed by atoms with Crippen molar-refractivity contribution in [1.29, 1.82) is 0 Å². The van der Waals surface area contributed by atoms with Gasteiger partial charge < -0.3 is 5.11 Å². The van der Waals surface area contributed by atoms with Crippen LogP contribution in [0.4, 0.5) is 5.69 Å². The van der Waals surface area contributed by atoms with Crippen LogP contribution in [0.1, 0.15) is 13.3 Å². The van der Waals surface area contributed by atoms with Gasteiger partial charge in [-0.05, 0) is 12.1 Å². The molecule has 6 nitrogen and oxygen atoms in total. The standard InChI is InChI=1S/C13H12N2O4S/c1-8(6-13(16)17)20-12-3-2-11(15(18)19)9-4-5-14-7-10(9)12/h2-5,7-8H,6H2,1H3,(H,16,17). The van der Waals surface area contributed by atoms with Crippen LogP contribution in [-0.2, 0) is 4.79 Å². The second kappa shape index (κ2) is 5.87. The Bertz CT molecular complexity index is 674. The highest BCUT2D eigenvalue weighted by Crippen LogP contribution is 2.35. The molecule has 0 aliphatic carbocycles. The van der Waals surface area contributed by atoms with Gasteiger partial charge in [0.25, 0.3) is 5.69 Å². The van der Waals surface area contributed by atoms with Gasteiger partial charge in [0.2, 0.25) is 0 Å². The Kier molecular flexibility index (Phi) is 4.19. The predicted molar refractivity (Wildman–Crippen MR) is 76.0 cm³/mol. The number of aliphatic carboxylic acids is 1. The molecule has 104 valence electrons. The highest BCUT2D eigenvalue weighted by Gasteiger charge is 2.17. The van der Waals surface area contributed by atoms with Crippen molar-refractivity contribution in [2.45, 2.75) is 23.5 Å². The molecule has 1 aromatic carbocycles. The molecule has 0 saturated heterocycles. The molecule has 1 unspecified atom stereocenters. The summed E-state index contributed by atoms with van der Waals surface area (Å²) in [6.07, 6.45) is 3.10. The number of nitrogens with zero attached hydrogens (tertiary/aromatic N) is 2. The molecule has 2 rings (SSSR count). The van der Waals surface area contributed by atoms with E-state index in [1.54, 1.807) is 18.3 Å². The van der Waals surface area contributed by atoms with Crippen molar-refractivity contribution in [2.75, 3.05) is 0 Å². The first-order valence-electron chi connectivity index (χ1n) is 5.88. The summed E-state index contributed by atoms with van der Waals surface area (Å²) in [7, 11) is 0. The SMILES string of the molecule is CC(CC(=O)O)Sc1ccc([N+](=O)[O-])c2ccncc12. The van der Waals surface area contributed by atoms with Crippen molar-refractivity contribution in [3.05, 3.63) is 40.7 Å². The van der Waals surface area contributed by atoms with Crippen LogP contribution in [0, 0.1) is 10.1 Å². The lowest BCUT2D eigenvalue weighted by atomic mass is 10.1. The Morgan fingerprint density at radius 2 is 2.20 bits per heavy atom. The Hall–Kier alpha value is -2.15. The van der Waals surface area contributed by atoms with E-state index >= 15 is 0 Å². The summed E-state index contributed by atoms with van der Waals surface area (Å²) >= 11 is 1.38. The fraction of sp³-hybridized carbons (Fsp3) is 0.231. The van der Waals surface area contributed by atoms with E-state index in [2.05, 4.69) is 4.98 Å². The van der Waals surface area contributed by atoms with Gasteiger partial charge in [0.15, 0.2) is 0 Å². The van der Waals surface area contributed by atoms with Crippen molar-refractivity contribution in [3.63, 3.8) is 0 Å². The molecule has 0 fully saturated rings. The molecule has 0 aliphatic rings. The number of nitro benzene ring substituents is 1. The summed E-state index contributed by atoms with van der Waals surface area (Å²) < 4.78 is 0. The van der Waals surface area contributed by atoms with E-state index in [-0.39, 0.29) is 17.4 Å². The van der Waals surface area contributed by atoms with E-state index in [1.165, 1.54) is 24.0 Å². The third kappa shape index (κ3) is 3.05. The zero-order chi connectivity index (χ0) is 14.7. The van der Waals surface area contributed by atoms with E-state index in [0.29, 0.717) is 10.8 Å². The first-order chi connectivity index (χ1) is 9.49. The molecule has 1 heterocycles. The number of carboxylic acids is 1. The second-order valence-electron chi connectivity index (χ2n) is 4.29. The van der Waals surface area contributed by atoms with Gasteiger partial charge in [-0.2, -0.15) is 0 Å². The van der Waals surface area contributed by atoms with E-state index in [9.17, 15) is 14.9 Å². The number of rotatable bonds is 5. The maximum atomic E-state index is 11.0. The highest BCUT2D eigenvalue weighted by atomic mass is 32.2. The number of fused-ring (bicyclic) bond motifs is 1. The molecular formula is C13H12N2O4S. The molecule has 2 aromatic rings. The number of carbonyl (C=O) groups is 1. The van der Waals surface area contributed by atoms with E-state index < -0.39 is 10.9 Å². The Labute approximate surface area is 119 Å². The van der Waals surface area contributed by atoms with Gasteiger partial charge in [-0.1, -0.05) is 6.92 Å². The number of hydrogen-bond donors (Lipinski definition) is 1. The van der Waals surface area contributed by atoms with Crippen molar-refractivity contribution in [3.8, 4) is 0 Å². The lowest BCUT2D eigenvalue weighted by molar-refractivity contribution is -0.383. The average molecular weight is 292 g/mol. The molecule has 0 saturated carbocycles. The quantitative estimate of drug-likeness (QED) is 0.517. The Morgan fingerprint density at radius 1 is 1.45 bits per heavy atom. The van der Waals surface area contributed by atoms with E-state index in [0.717, 1.165) is 4.90 Å². The molecule has 0 bridgehead atoms. The smallest absolute Gasteiger partial charge is 0.304 e. The van der Waals surface area contributed by atoms with Crippen LogP contribution in [-0.4, -0.2) is 26.2 Å². The maximum absolute atomic E-state index is 11.0. The van der Waals surface area contributed by atoms with E-state index in [1.807, 2.05) is 6.92 Å².